The van der Waals surface area contributed by atoms with Crippen LogP contribution in [0.25, 0.3) is 5.95 Å². The number of ether oxygens (including phenoxy) is 1. The summed E-state index contributed by atoms with van der Waals surface area (Å²) in [6, 6.07) is 6.33. The van der Waals surface area contributed by atoms with Gasteiger partial charge in [0.05, 0.1) is 6.04 Å². The third-order valence-corrected chi connectivity index (χ3v) is 6.01. The minimum atomic E-state index is -0.433. The molecule has 2 N–H and O–H groups in total. The van der Waals surface area contributed by atoms with E-state index in [9.17, 15) is 4.79 Å². The molecule has 3 aromatic heterocycles. The molecule has 0 radical (unpaired) electrons. The first kappa shape index (κ1) is 20.9. The van der Waals surface area contributed by atoms with Crippen LogP contribution in [0.1, 0.15) is 48.1 Å². The van der Waals surface area contributed by atoms with Gasteiger partial charge < -0.3 is 15.4 Å². The van der Waals surface area contributed by atoms with Crippen LogP contribution in [0.4, 0.5) is 10.5 Å². The molecule has 0 spiro atoms. The van der Waals surface area contributed by atoms with Crippen LogP contribution in [0.3, 0.4) is 0 Å². The maximum absolute atomic E-state index is 12.6. The second-order valence-electron chi connectivity index (χ2n) is 7.66. The van der Waals surface area contributed by atoms with Gasteiger partial charge in [-0.25, -0.2) is 19.7 Å². The Morgan fingerprint density at radius 2 is 2.03 bits per heavy atom. The lowest BCUT2D eigenvalue weighted by atomic mass is 10.2. The summed E-state index contributed by atoms with van der Waals surface area (Å²) in [5.41, 5.74) is 1.51. The largest absolute Gasteiger partial charge is 0.430 e. The summed E-state index contributed by atoms with van der Waals surface area (Å²) in [4.78, 5) is 25.2. The Bertz CT molecular complexity index is 1270. The summed E-state index contributed by atoms with van der Waals surface area (Å²) < 4.78 is 7.32. The van der Waals surface area contributed by atoms with E-state index in [-0.39, 0.29) is 6.03 Å². The van der Waals surface area contributed by atoms with Crippen LogP contribution >= 0.6 is 11.3 Å². The molecule has 1 aromatic carbocycles. The minimum absolute atomic E-state index is 0.374. The lowest BCUT2D eigenvalue weighted by Gasteiger charge is -2.15. The average Bonchev–Trinajstić information content (AvgIpc) is 3.35. The van der Waals surface area contributed by atoms with Gasteiger partial charge in [-0.2, -0.15) is 9.78 Å². The van der Waals surface area contributed by atoms with Crippen molar-refractivity contribution in [1.82, 2.24) is 40.2 Å². The molecule has 0 saturated heterocycles. The van der Waals surface area contributed by atoms with E-state index in [1.165, 1.54) is 35.2 Å². The number of hydrogen-bond donors (Lipinski definition) is 2. The van der Waals surface area contributed by atoms with Gasteiger partial charge >= 0.3 is 6.03 Å². The number of aromatic nitrogens is 7. The van der Waals surface area contributed by atoms with Crippen molar-refractivity contribution < 1.29 is 9.53 Å². The molecule has 11 nitrogen and oxygen atoms in total. The minimum Gasteiger partial charge on any atom is -0.430 e. The van der Waals surface area contributed by atoms with Gasteiger partial charge in [-0.1, -0.05) is 16.4 Å². The number of urea groups is 1. The van der Waals surface area contributed by atoms with E-state index in [2.05, 4.69) is 40.9 Å². The highest BCUT2D eigenvalue weighted by Gasteiger charge is 2.28. The summed E-state index contributed by atoms with van der Waals surface area (Å²) in [5, 5.41) is 19.7. The predicted molar refractivity (Wildman–Crippen MR) is 121 cm³/mol. The number of anilines is 1. The number of amides is 2. The molecular formula is C21H21N9O2S. The second-order valence-corrected chi connectivity index (χ2v) is 8.63. The topological polar surface area (TPSA) is 133 Å². The van der Waals surface area contributed by atoms with Gasteiger partial charge in [-0.3, -0.25) is 0 Å². The number of aryl methyl sites for hydroxylation is 1. The molecule has 3 heterocycles. The van der Waals surface area contributed by atoms with Crippen molar-refractivity contribution >= 4 is 23.1 Å². The summed E-state index contributed by atoms with van der Waals surface area (Å²) in [6.07, 6.45) is 6.98. The first-order valence-electron chi connectivity index (χ1n) is 10.4. The van der Waals surface area contributed by atoms with Gasteiger partial charge in [0, 0.05) is 24.0 Å². The fourth-order valence-corrected chi connectivity index (χ4v) is 4.10. The zero-order chi connectivity index (χ0) is 22.8. The number of nitrogens with zero attached hydrogens (tertiary/aromatic N) is 7. The Hall–Kier alpha value is -3.93. The average molecular weight is 464 g/mol. The van der Waals surface area contributed by atoms with E-state index >= 15 is 0 Å². The van der Waals surface area contributed by atoms with E-state index in [0.29, 0.717) is 34.3 Å². The first-order chi connectivity index (χ1) is 16.1. The van der Waals surface area contributed by atoms with E-state index < -0.39 is 6.04 Å². The smallest absolute Gasteiger partial charge is 0.319 e. The second kappa shape index (κ2) is 8.90. The summed E-state index contributed by atoms with van der Waals surface area (Å²) in [7, 11) is 0. The van der Waals surface area contributed by atoms with Crippen LogP contribution in [-0.2, 0) is 0 Å². The molecule has 1 aliphatic rings. The summed E-state index contributed by atoms with van der Waals surface area (Å²) in [6.45, 7) is 3.70. The lowest BCUT2D eigenvalue weighted by molar-refractivity contribution is 0.248. The summed E-state index contributed by atoms with van der Waals surface area (Å²) in [5.74, 6) is 2.08. The number of carbonyl (C=O) groups excluding carboxylic acids is 1. The van der Waals surface area contributed by atoms with E-state index in [1.54, 1.807) is 30.6 Å². The molecule has 1 atom stereocenters. The van der Waals surface area contributed by atoms with Gasteiger partial charge in [0.2, 0.25) is 0 Å². The number of hydrogen-bond acceptors (Lipinski definition) is 9. The van der Waals surface area contributed by atoms with Crippen molar-refractivity contribution in [3.8, 4) is 16.9 Å². The van der Waals surface area contributed by atoms with Crippen LogP contribution in [0.5, 0.6) is 10.9 Å². The van der Waals surface area contributed by atoms with Gasteiger partial charge in [0.15, 0.2) is 5.82 Å². The van der Waals surface area contributed by atoms with E-state index in [0.717, 1.165) is 10.6 Å². The molecule has 5 rings (SSSR count). The molecular weight excluding hydrogens is 442 g/mol. The Balaban J connectivity index is 1.21. The van der Waals surface area contributed by atoms with Crippen molar-refractivity contribution in [2.45, 2.75) is 38.6 Å². The monoisotopic (exact) mass is 463 g/mol. The summed E-state index contributed by atoms with van der Waals surface area (Å²) >= 11 is 1.48. The predicted octanol–water partition coefficient (Wildman–Crippen LogP) is 3.77. The SMILES string of the molecule is Cc1cc(Oc2nnc(C3CC3)s2)ccc1NC(=O)N[C@@H](C)c1ncnn1-c1ncccn1. The first-order valence-corrected chi connectivity index (χ1v) is 11.2. The lowest BCUT2D eigenvalue weighted by Crippen LogP contribution is -2.33. The molecule has 0 unspecified atom stereocenters. The van der Waals surface area contributed by atoms with Crippen LogP contribution < -0.4 is 15.4 Å². The molecule has 1 saturated carbocycles. The molecule has 1 fully saturated rings. The maximum atomic E-state index is 12.6. The van der Waals surface area contributed by atoms with Crippen LogP contribution in [0.15, 0.2) is 43.0 Å². The maximum Gasteiger partial charge on any atom is 0.319 e. The van der Waals surface area contributed by atoms with Gasteiger partial charge in [-0.15, -0.1) is 5.10 Å². The van der Waals surface area contributed by atoms with E-state index in [4.69, 9.17) is 4.74 Å². The van der Waals surface area contributed by atoms with Crippen LogP contribution in [-0.4, -0.2) is 41.0 Å². The van der Waals surface area contributed by atoms with Gasteiger partial charge in [-0.05, 0) is 56.5 Å². The Morgan fingerprint density at radius 1 is 1.21 bits per heavy atom. The number of nitrogens with one attached hydrogen (secondary N) is 2. The zero-order valence-electron chi connectivity index (χ0n) is 18.0. The number of benzene rings is 1. The number of carbonyl (C=O) groups is 1. The van der Waals surface area contributed by atoms with Crippen molar-refractivity contribution in [3.05, 3.63) is 59.4 Å². The van der Waals surface area contributed by atoms with Crippen molar-refractivity contribution in [3.63, 3.8) is 0 Å². The Labute approximate surface area is 193 Å². The highest BCUT2D eigenvalue weighted by molar-refractivity contribution is 7.13. The third kappa shape index (κ3) is 4.80. The van der Waals surface area contributed by atoms with Gasteiger partial charge in [0.1, 0.15) is 17.1 Å². The van der Waals surface area contributed by atoms with Crippen LogP contribution in [0, 0.1) is 6.92 Å². The van der Waals surface area contributed by atoms with Crippen LogP contribution in [0.2, 0.25) is 0 Å². The molecule has 4 aromatic rings. The molecule has 33 heavy (non-hydrogen) atoms. The van der Waals surface area contributed by atoms with Crippen molar-refractivity contribution in [2.75, 3.05) is 5.32 Å². The van der Waals surface area contributed by atoms with Crippen molar-refractivity contribution in [1.29, 1.82) is 0 Å². The highest BCUT2D eigenvalue weighted by atomic mass is 32.1. The molecule has 168 valence electrons. The molecule has 12 heteroatoms. The molecule has 0 aliphatic heterocycles. The number of rotatable bonds is 7. The zero-order valence-corrected chi connectivity index (χ0v) is 18.8. The van der Waals surface area contributed by atoms with E-state index in [1.807, 2.05) is 19.9 Å². The van der Waals surface area contributed by atoms with Crippen molar-refractivity contribution in [2.24, 2.45) is 0 Å². The standard InChI is InChI=1S/C21H21N9O2S/c1-12-10-15(32-21-29-28-18(33-21)14-4-5-14)6-7-16(12)27-20(31)26-13(2)17-24-11-25-30(17)19-22-8-3-9-23-19/h3,6-11,13-14H,4-5H2,1-2H3,(H2,26,27,31)/t13-/m0/s1. The molecule has 2 amide bonds. The quantitative estimate of drug-likeness (QED) is 0.423. The Kier molecular flexibility index (Phi) is 5.65. The fourth-order valence-electron chi connectivity index (χ4n) is 3.22. The normalized spacial score (nSPS) is 14.0. The highest BCUT2D eigenvalue weighted by Crippen LogP contribution is 2.43. The molecule has 1 aliphatic carbocycles. The third-order valence-electron chi connectivity index (χ3n) is 5.05. The van der Waals surface area contributed by atoms with Gasteiger partial charge in [0.25, 0.3) is 11.1 Å². The molecule has 0 bridgehead atoms. The fraction of sp³-hybridized carbons (Fsp3) is 0.286. The Morgan fingerprint density at radius 3 is 2.79 bits per heavy atom.